The molecule has 0 aliphatic heterocycles. The Morgan fingerprint density at radius 3 is 1.98 bits per heavy atom. The van der Waals surface area contributed by atoms with Crippen LogP contribution in [-0.4, -0.2) is 62.2 Å². The van der Waals surface area contributed by atoms with E-state index in [0.29, 0.717) is 6.42 Å². The van der Waals surface area contributed by atoms with Gasteiger partial charge in [-0.1, -0.05) is 79.7 Å². The Labute approximate surface area is 236 Å². The molecule has 40 heavy (non-hydrogen) atoms. The van der Waals surface area contributed by atoms with Gasteiger partial charge in [-0.3, -0.25) is 9.59 Å². The molecule has 3 aromatic rings. The average molecular weight is 569 g/mol. The first-order valence-electron chi connectivity index (χ1n) is 13.2. The Hall–Kier alpha value is -3.76. The molecule has 0 spiro atoms. The molecule has 0 bridgehead atoms. The van der Waals surface area contributed by atoms with E-state index >= 15 is 0 Å². The van der Waals surface area contributed by atoms with Crippen molar-refractivity contribution in [2.24, 2.45) is 0 Å². The number of halogens is 1. The van der Waals surface area contributed by atoms with Crippen molar-refractivity contribution in [1.82, 2.24) is 14.5 Å². The van der Waals surface area contributed by atoms with Crippen LogP contribution in [0.3, 0.4) is 0 Å². The largest absolute Gasteiger partial charge is 0.352 e. The quantitative estimate of drug-likeness (QED) is 0.338. The maximum Gasteiger partial charge on any atom is 0.304 e. The van der Waals surface area contributed by atoms with Gasteiger partial charge in [0.25, 0.3) is 0 Å². The summed E-state index contributed by atoms with van der Waals surface area (Å²) in [7, 11) is -1.64. The lowest BCUT2D eigenvalue weighted by Crippen LogP contribution is -2.55. The van der Waals surface area contributed by atoms with E-state index in [-0.39, 0.29) is 30.6 Å². The molecule has 8 nitrogen and oxygen atoms in total. The van der Waals surface area contributed by atoms with Gasteiger partial charge in [0.1, 0.15) is 18.4 Å². The van der Waals surface area contributed by atoms with Crippen LogP contribution in [0.4, 0.5) is 10.1 Å². The molecule has 0 saturated carbocycles. The van der Waals surface area contributed by atoms with Gasteiger partial charge < -0.3 is 10.2 Å². The minimum absolute atomic E-state index is 0.0538. The molecule has 0 fully saturated rings. The summed E-state index contributed by atoms with van der Waals surface area (Å²) in [4.78, 5) is 29.2. The van der Waals surface area contributed by atoms with Crippen molar-refractivity contribution in [2.45, 2.75) is 45.3 Å². The molecule has 0 heterocycles. The topological polar surface area (TPSA) is 90.0 Å². The summed E-state index contributed by atoms with van der Waals surface area (Å²) in [5.74, 6) is -1.78. The second-order valence-corrected chi connectivity index (χ2v) is 11.8. The maximum absolute atomic E-state index is 14.9. The summed E-state index contributed by atoms with van der Waals surface area (Å²) in [6.45, 7) is 3.18. The fourth-order valence-corrected chi connectivity index (χ4v) is 5.20. The summed E-state index contributed by atoms with van der Waals surface area (Å²) < 4.78 is 43.2. The van der Waals surface area contributed by atoms with Crippen LogP contribution in [0.1, 0.15) is 31.4 Å². The number of benzene rings is 3. The minimum atomic E-state index is -4.27. The van der Waals surface area contributed by atoms with Crippen molar-refractivity contribution in [3.63, 3.8) is 0 Å². The number of hydrogen-bond donors (Lipinski definition) is 1. The molecule has 1 N–H and O–H groups in total. The van der Waals surface area contributed by atoms with Crippen LogP contribution >= 0.6 is 0 Å². The third-order valence-electron chi connectivity index (χ3n) is 6.61. The van der Waals surface area contributed by atoms with Gasteiger partial charge in [-0.05, 0) is 36.6 Å². The number of anilines is 1. The van der Waals surface area contributed by atoms with E-state index < -0.39 is 34.5 Å². The lowest BCUT2D eigenvalue weighted by molar-refractivity contribution is -0.140. The van der Waals surface area contributed by atoms with Crippen molar-refractivity contribution in [3.05, 3.63) is 102 Å². The van der Waals surface area contributed by atoms with Gasteiger partial charge in [-0.15, -0.1) is 0 Å². The third-order valence-corrected chi connectivity index (χ3v) is 8.41. The fraction of sp³-hybridized carbons (Fsp3) is 0.333. The molecule has 2 unspecified atom stereocenters. The molecule has 0 aliphatic rings. The molecular formula is C30H37FN4O4S. The second kappa shape index (κ2) is 14.0. The van der Waals surface area contributed by atoms with Gasteiger partial charge >= 0.3 is 10.2 Å². The molecule has 3 aromatic carbocycles. The van der Waals surface area contributed by atoms with Crippen LogP contribution in [-0.2, 0) is 32.8 Å². The Balaban J connectivity index is 2.09. The molecule has 214 valence electrons. The number of carbonyl (C=O) groups is 2. The average Bonchev–Trinajstić information content (AvgIpc) is 2.94. The zero-order valence-corrected chi connectivity index (χ0v) is 24.1. The highest BCUT2D eigenvalue weighted by Crippen LogP contribution is 2.24. The summed E-state index contributed by atoms with van der Waals surface area (Å²) in [5.41, 5.74) is 1.34. The van der Waals surface area contributed by atoms with E-state index in [9.17, 15) is 22.4 Å². The predicted octanol–water partition coefficient (Wildman–Crippen LogP) is 3.99. The monoisotopic (exact) mass is 568 g/mol. The SMILES string of the molecule is CCC(C)NC(=O)C(Cc1ccccc1)N(Cc1ccccc1)C(=O)CN(c1ccccc1F)S(=O)(=O)N(C)C. The Bertz CT molecular complexity index is 1370. The molecule has 0 aromatic heterocycles. The third kappa shape index (κ3) is 7.89. The lowest BCUT2D eigenvalue weighted by atomic mass is 10.0. The number of amides is 2. The van der Waals surface area contributed by atoms with E-state index in [1.54, 1.807) is 0 Å². The Morgan fingerprint density at radius 2 is 1.43 bits per heavy atom. The normalized spacial score (nSPS) is 12.9. The molecule has 0 saturated heterocycles. The summed E-state index contributed by atoms with van der Waals surface area (Å²) in [6, 6.07) is 22.8. The van der Waals surface area contributed by atoms with Gasteiger partial charge in [-0.2, -0.15) is 12.7 Å². The van der Waals surface area contributed by atoms with E-state index in [4.69, 9.17) is 0 Å². The van der Waals surface area contributed by atoms with Gasteiger partial charge in [0.05, 0.1) is 5.69 Å². The van der Waals surface area contributed by atoms with Crippen LogP contribution in [0.5, 0.6) is 0 Å². The van der Waals surface area contributed by atoms with E-state index in [2.05, 4.69) is 5.32 Å². The van der Waals surface area contributed by atoms with E-state index in [0.717, 1.165) is 25.8 Å². The number of rotatable bonds is 13. The van der Waals surface area contributed by atoms with Crippen LogP contribution in [0.15, 0.2) is 84.9 Å². The van der Waals surface area contributed by atoms with Crippen molar-refractivity contribution >= 4 is 27.7 Å². The molecule has 3 rings (SSSR count). The first-order chi connectivity index (χ1) is 19.0. The number of nitrogens with one attached hydrogen (secondary N) is 1. The zero-order chi connectivity index (χ0) is 29.3. The smallest absolute Gasteiger partial charge is 0.304 e. The van der Waals surface area contributed by atoms with Gasteiger partial charge in [0.15, 0.2) is 0 Å². The fourth-order valence-electron chi connectivity index (χ4n) is 4.13. The second-order valence-electron chi connectivity index (χ2n) is 9.78. The van der Waals surface area contributed by atoms with Crippen LogP contribution < -0.4 is 9.62 Å². The minimum Gasteiger partial charge on any atom is -0.352 e. The van der Waals surface area contributed by atoms with E-state index in [1.165, 1.54) is 37.2 Å². The van der Waals surface area contributed by atoms with E-state index in [1.807, 2.05) is 74.5 Å². The summed E-state index contributed by atoms with van der Waals surface area (Å²) >= 11 is 0. The highest BCUT2D eigenvalue weighted by molar-refractivity contribution is 7.90. The van der Waals surface area contributed by atoms with Gasteiger partial charge in [-0.25, -0.2) is 8.70 Å². The van der Waals surface area contributed by atoms with Crippen LogP contribution in [0, 0.1) is 5.82 Å². The first kappa shape index (κ1) is 30.8. The van der Waals surface area contributed by atoms with Crippen molar-refractivity contribution in [3.8, 4) is 0 Å². The first-order valence-corrected chi connectivity index (χ1v) is 14.6. The zero-order valence-electron chi connectivity index (χ0n) is 23.3. The molecule has 0 aliphatic carbocycles. The van der Waals surface area contributed by atoms with Crippen molar-refractivity contribution in [2.75, 3.05) is 24.9 Å². The predicted molar refractivity (Wildman–Crippen MR) is 155 cm³/mol. The standard InChI is InChI=1S/C30H37FN4O4S/c1-5-23(2)32-30(37)28(20-24-14-8-6-9-15-24)34(21-25-16-10-7-11-17-25)29(36)22-35(40(38,39)33(3)4)27-19-13-12-18-26(27)31/h6-19,23,28H,5,20-22H2,1-4H3,(H,32,37). The van der Waals surface area contributed by atoms with Crippen molar-refractivity contribution in [1.29, 1.82) is 0 Å². The Kier molecular flexibility index (Phi) is 10.8. The number of nitrogens with zero attached hydrogens (tertiary/aromatic N) is 3. The summed E-state index contributed by atoms with van der Waals surface area (Å²) in [5, 5.41) is 2.98. The van der Waals surface area contributed by atoms with Crippen LogP contribution in [0.2, 0.25) is 0 Å². The molecule has 2 atom stereocenters. The maximum atomic E-state index is 14.9. The molecule has 2 amide bonds. The number of para-hydroxylation sites is 1. The number of hydrogen-bond acceptors (Lipinski definition) is 4. The van der Waals surface area contributed by atoms with Crippen molar-refractivity contribution < 1.29 is 22.4 Å². The highest BCUT2D eigenvalue weighted by atomic mass is 32.2. The number of carbonyl (C=O) groups excluding carboxylic acids is 2. The Morgan fingerprint density at radius 1 is 0.875 bits per heavy atom. The molecule has 10 heteroatoms. The summed E-state index contributed by atoms with van der Waals surface area (Å²) in [6.07, 6.45) is 0.903. The van der Waals surface area contributed by atoms with Crippen LogP contribution in [0.25, 0.3) is 0 Å². The van der Waals surface area contributed by atoms with Gasteiger partial charge in [0.2, 0.25) is 11.8 Å². The molecule has 0 radical (unpaired) electrons. The lowest BCUT2D eigenvalue weighted by Gasteiger charge is -2.35. The van der Waals surface area contributed by atoms with Gasteiger partial charge in [0, 0.05) is 33.1 Å². The molecular weight excluding hydrogens is 531 g/mol. The highest BCUT2D eigenvalue weighted by Gasteiger charge is 2.35.